The van der Waals surface area contributed by atoms with E-state index in [9.17, 15) is 4.79 Å². The number of anilines is 1. The van der Waals surface area contributed by atoms with Crippen molar-refractivity contribution in [2.24, 2.45) is 16.8 Å². The minimum Gasteiger partial charge on any atom is -0.409 e. The Morgan fingerprint density at radius 3 is 2.84 bits per heavy atom. The number of aryl methyl sites for hydroxylation is 1. The molecule has 0 aliphatic carbocycles. The van der Waals surface area contributed by atoms with Crippen LogP contribution in [0.3, 0.4) is 0 Å². The van der Waals surface area contributed by atoms with Crippen molar-refractivity contribution in [3.63, 3.8) is 0 Å². The van der Waals surface area contributed by atoms with E-state index < -0.39 is 5.92 Å². The van der Waals surface area contributed by atoms with Crippen LogP contribution >= 0.6 is 15.9 Å². The monoisotopic (exact) mass is 327 g/mol. The van der Waals surface area contributed by atoms with Crippen molar-refractivity contribution in [3.05, 3.63) is 28.2 Å². The maximum atomic E-state index is 12.2. The Kier molecular flexibility index (Phi) is 5.82. The SMILES string of the molecule is CCCC(C(=O)Nc1cccc(C)c1Br)/C(N)=N/O. The first-order valence-electron chi connectivity index (χ1n) is 6.04. The second-order valence-corrected chi connectivity index (χ2v) is 5.08. The van der Waals surface area contributed by atoms with E-state index in [1.165, 1.54) is 0 Å². The summed E-state index contributed by atoms with van der Waals surface area (Å²) in [4.78, 5) is 12.2. The van der Waals surface area contributed by atoms with Crippen molar-refractivity contribution in [1.82, 2.24) is 0 Å². The number of oxime groups is 1. The number of amidine groups is 1. The molecule has 0 saturated heterocycles. The third-order valence-electron chi connectivity index (χ3n) is 2.82. The highest BCUT2D eigenvalue weighted by atomic mass is 79.9. The molecule has 6 heteroatoms. The van der Waals surface area contributed by atoms with Crippen LogP contribution in [0.15, 0.2) is 27.8 Å². The lowest BCUT2D eigenvalue weighted by molar-refractivity contribution is -0.118. The van der Waals surface area contributed by atoms with Crippen LogP contribution in [-0.2, 0) is 4.79 Å². The molecule has 0 aromatic heterocycles. The highest BCUT2D eigenvalue weighted by Gasteiger charge is 2.23. The van der Waals surface area contributed by atoms with Gasteiger partial charge in [-0.05, 0) is 40.9 Å². The molecule has 0 radical (unpaired) electrons. The fourth-order valence-electron chi connectivity index (χ4n) is 1.74. The standard InChI is InChI=1S/C13H18BrN3O2/c1-3-5-9(12(15)17-19)13(18)16-10-7-4-6-8(2)11(10)14/h4,6-7,9,19H,3,5H2,1-2H3,(H2,15,17)(H,16,18). The highest BCUT2D eigenvalue weighted by molar-refractivity contribution is 9.10. The fraction of sp³-hybridized carbons (Fsp3) is 0.385. The number of nitrogens with one attached hydrogen (secondary N) is 1. The van der Waals surface area contributed by atoms with Crippen LogP contribution < -0.4 is 11.1 Å². The molecular formula is C13H18BrN3O2. The van der Waals surface area contributed by atoms with Gasteiger partial charge in [0.2, 0.25) is 5.91 Å². The summed E-state index contributed by atoms with van der Waals surface area (Å²) in [6.45, 7) is 3.88. The summed E-state index contributed by atoms with van der Waals surface area (Å²) in [5, 5.41) is 14.4. The lowest BCUT2D eigenvalue weighted by atomic mass is 10.0. The number of hydrogen-bond donors (Lipinski definition) is 3. The summed E-state index contributed by atoms with van der Waals surface area (Å²) in [6.07, 6.45) is 1.30. The van der Waals surface area contributed by atoms with Crippen LogP contribution in [0.25, 0.3) is 0 Å². The van der Waals surface area contributed by atoms with Crippen LogP contribution in [-0.4, -0.2) is 17.0 Å². The minimum absolute atomic E-state index is 0.0666. The van der Waals surface area contributed by atoms with E-state index in [-0.39, 0.29) is 11.7 Å². The summed E-state index contributed by atoms with van der Waals surface area (Å²) >= 11 is 3.43. The third-order valence-corrected chi connectivity index (χ3v) is 3.87. The van der Waals surface area contributed by atoms with E-state index in [1.54, 1.807) is 6.07 Å². The van der Waals surface area contributed by atoms with Gasteiger partial charge in [0.25, 0.3) is 0 Å². The average Bonchev–Trinajstić information content (AvgIpc) is 2.40. The van der Waals surface area contributed by atoms with Gasteiger partial charge in [-0.2, -0.15) is 0 Å². The minimum atomic E-state index is -0.623. The molecule has 19 heavy (non-hydrogen) atoms. The predicted octanol–water partition coefficient (Wildman–Crippen LogP) is 2.86. The van der Waals surface area contributed by atoms with Crippen LogP contribution in [0.5, 0.6) is 0 Å². The quantitative estimate of drug-likeness (QED) is 0.336. The van der Waals surface area contributed by atoms with Crippen LogP contribution in [0.1, 0.15) is 25.3 Å². The summed E-state index contributed by atoms with van der Waals surface area (Å²) in [6, 6.07) is 5.59. The Balaban J connectivity index is 2.90. The second-order valence-electron chi connectivity index (χ2n) is 4.29. The van der Waals surface area contributed by atoms with E-state index in [2.05, 4.69) is 26.4 Å². The molecule has 4 N–H and O–H groups in total. The Bertz CT molecular complexity index is 489. The third kappa shape index (κ3) is 3.96. The van der Waals surface area contributed by atoms with Crippen molar-refractivity contribution in [3.8, 4) is 0 Å². The number of hydrogen-bond acceptors (Lipinski definition) is 3. The topological polar surface area (TPSA) is 87.7 Å². The van der Waals surface area contributed by atoms with Crippen molar-refractivity contribution < 1.29 is 10.0 Å². The van der Waals surface area contributed by atoms with Gasteiger partial charge in [0.1, 0.15) is 0 Å². The number of benzene rings is 1. The summed E-state index contributed by atoms with van der Waals surface area (Å²) in [5.74, 6) is -0.964. The molecule has 5 nitrogen and oxygen atoms in total. The maximum Gasteiger partial charge on any atom is 0.235 e. The number of halogens is 1. The van der Waals surface area contributed by atoms with Gasteiger partial charge >= 0.3 is 0 Å². The summed E-state index contributed by atoms with van der Waals surface area (Å²) < 4.78 is 0.832. The van der Waals surface area contributed by atoms with Crippen molar-refractivity contribution >= 4 is 33.4 Å². The Labute approximate surface area is 121 Å². The summed E-state index contributed by atoms with van der Waals surface area (Å²) in [5.41, 5.74) is 7.25. The van der Waals surface area contributed by atoms with Crippen molar-refractivity contribution in [2.45, 2.75) is 26.7 Å². The molecule has 1 atom stereocenters. The van der Waals surface area contributed by atoms with E-state index in [0.717, 1.165) is 16.5 Å². The molecule has 0 heterocycles. The molecule has 0 bridgehead atoms. The first-order chi connectivity index (χ1) is 9.01. The molecule has 104 valence electrons. The fourth-order valence-corrected chi connectivity index (χ4v) is 2.10. The van der Waals surface area contributed by atoms with Gasteiger partial charge in [0.15, 0.2) is 5.84 Å². The number of amides is 1. The maximum absolute atomic E-state index is 12.2. The smallest absolute Gasteiger partial charge is 0.235 e. The molecule has 0 aliphatic rings. The highest BCUT2D eigenvalue weighted by Crippen LogP contribution is 2.26. The van der Waals surface area contributed by atoms with E-state index in [1.807, 2.05) is 26.0 Å². The molecule has 1 amide bonds. The molecular weight excluding hydrogens is 310 g/mol. The molecule has 0 spiro atoms. The average molecular weight is 328 g/mol. The lowest BCUT2D eigenvalue weighted by Crippen LogP contribution is -2.34. The van der Waals surface area contributed by atoms with Gasteiger partial charge in [-0.3, -0.25) is 4.79 Å². The van der Waals surface area contributed by atoms with E-state index in [4.69, 9.17) is 10.9 Å². The molecule has 0 aliphatic heterocycles. The largest absolute Gasteiger partial charge is 0.409 e. The van der Waals surface area contributed by atoms with Crippen LogP contribution in [0.4, 0.5) is 5.69 Å². The zero-order valence-corrected chi connectivity index (χ0v) is 12.6. The molecule has 1 aromatic rings. The Hall–Kier alpha value is -1.56. The number of carbonyl (C=O) groups excluding carboxylic acids is 1. The second kappa shape index (κ2) is 7.13. The molecule has 1 rings (SSSR count). The number of nitrogens with zero attached hydrogens (tertiary/aromatic N) is 1. The van der Waals surface area contributed by atoms with Crippen LogP contribution in [0, 0.1) is 12.8 Å². The van der Waals surface area contributed by atoms with Gasteiger partial charge in [-0.25, -0.2) is 0 Å². The van der Waals surface area contributed by atoms with Crippen LogP contribution in [0.2, 0.25) is 0 Å². The molecule has 0 saturated carbocycles. The van der Waals surface area contributed by atoms with E-state index in [0.29, 0.717) is 12.1 Å². The first-order valence-corrected chi connectivity index (χ1v) is 6.84. The lowest BCUT2D eigenvalue weighted by Gasteiger charge is -2.16. The van der Waals surface area contributed by atoms with Gasteiger partial charge in [-0.15, -0.1) is 0 Å². The zero-order chi connectivity index (χ0) is 14.4. The zero-order valence-electron chi connectivity index (χ0n) is 11.0. The summed E-state index contributed by atoms with van der Waals surface area (Å²) in [7, 11) is 0. The van der Waals surface area contributed by atoms with Gasteiger partial charge < -0.3 is 16.3 Å². The Morgan fingerprint density at radius 1 is 1.58 bits per heavy atom. The van der Waals surface area contributed by atoms with Gasteiger partial charge in [-0.1, -0.05) is 30.6 Å². The number of carbonyl (C=O) groups is 1. The number of rotatable bonds is 5. The number of nitrogens with two attached hydrogens (primary N) is 1. The van der Waals surface area contributed by atoms with Gasteiger partial charge in [0.05, 0.1) is 11.6 Å². The molecule has 1 unspecified atom stereocenters. The first kappa shape index (κ1) is 15.5. The Morgan fingerprint density at radius 2 is 2.26 bits per heavy atom. The molecule has 1 aromatic carbocycles. The normalized spacial score (nSPS) is 13.1. The van der Waals surface area contributed by atoms with Crippen molar-refractivity contribution in [2.75, 3.05) is 5.32 Å². The predicted molar refractivity (Wildman–Crippen MR) is 79.3 cm³/mol. The van der Waals surface area contributed by atoms with Gasteiger partial charge in [0, 0.05) is 4.47 Å². The van der Waals surface area contributed by atoms with E-state index >= 15 is 0 Å². The van der Waals surface area contributed by atoms with Crippen molar-refractivity contribution in [1.29, 1.82) is 0 Å². The molecule has 0 fully saturated rings.